The molecule has 0 amide bonds. The maximum absolute atomic E-state index is 10.8. The molecule has 2 atom stereocenters. The predicted octanol–water partition coefficient (Wildman–Crippen LogP) is 1.62. The van der Waals surface area contributed by atoms with Crippen molar-refractivity contribution >= 4 is 5.69 Å². The number of nitro benzene ring substituents is 1. The lowest BCUT2D eigenvalue weighted by atomic mass is 10.1. The lowest BCUT2D eigenvalue weighted by Crippen LogP contribution is -2.26. The summed E-state index contributed by atoms with van der Waals surface area (Å²) in [7, 11) is 0. The average molecular weight is 248 g/mol. The molecule has 5 heteroatoms. The van der Waals surface area contributed by atoms with Crippen LogP contribution >= 0.6 is 0 Å². The van der Waals surface area contributed by atoms with Gasteiger partial charge >= 0.3 is 0 Å². The lowest BCUT2D eigenvalue weighted by Gasteiger charge is -2.12. The van der Waals surface area contributed by atoms with Gasteiger partial charge in [0.25, 0.3) is 5.69 Å². The van der Waals surface area contributed by atoms with Crippen molar-refractivity contribution in [3.8, 4) is 0 Å². The molecule has 0 aromatic heterocycles. The third kappa shape index (κ3) is 2.94. The fourth-order valence-electron chi connectivity index (χ4n) is 2.14. The number of aliphatic hydroxyl groups is 1. The van der Waals surface area contributed by atoms with E-state index in [1.807, 2.05) is 12.2 Å². The first-order valence-corrected chi connectivity index (χ1v) is 5.95. The summed E-state index contributed by atoms with van der Waals surface area (Å²) in [5, 5.41) is 23.1. The van der Waals surface area contributed by atoms with Crippen LogP contribution in [-0.4, -0.2) is 22.7 Å². The van der Waals surface area contributed by atoms with E-state index in [1.165, 1.54) is 6.07 Å². The Morgan fingerprint density at radius 1 is 1.39 bits per heavy atom. The van der Waals surface area contributed by atoms with Crippen LogP contribution in [-0.2, 0) is 6.54 Å². The van der Waals surface area contributed by atoms with Crippen LogP contribution in [0.25, 0.3) is 0 Å². The molecule has 0 heterocycles. The van der Waals surface area contributed by atoms with E-state index < -0.39 is 0 Å². The number of hydrogen-bond acceptors (Lipinski definition) is 4. The van der Waals surface area contributed by atoms with Gasteiger partial charge in [0.2, 0.25) is 0 Å². The minimum atomic E-state index is -0.363. The quantitative estimate of drug-likeness (QED) is 0.471. The Balaban J connectivity index is 1.95. The molecule has 0 aliphatic heterocycles. The number of aliphatic hydroxyl groups excluding tert-OH is 1. The molecule has 0 saturated carbocycles. The van der Waals surface area contributed by atoms with Crippen LogP contribution in [0.3, 0.4) is 0 Å². The molecule has 2 N–H and O–H groups in total. The van der Waals surface area contributed by atoms with E-state index >= 15 is 0 Å². The monoisotopic (exact) mass is 248 g/mol. The molecule has 18 heavy (non-hydrogen) atoms. The first-order chi connectivity index (χ1) is 8.70. The summed E-state index contributed by atoms with van der Waals surface area (Å²) in [6.45, 7) is 0.616. The Kier molecular flexibility index (Phi) is 4.07. The Labute approximate surface area is 105 Å². The molecule has 1 aromatic rings. The average Bonchev–Trinajstić information content (AvgIpc) is 2.84. The molecular weight excluding hydrogens is 232 g/mol. The van der Waals surface area contributed by atoms with Gasteiger partial charge in [-0.25, -0.2) is 0 Å². The minimum Gasteiger partial charge on any atom is -0.396 e. The molecule has 0 spiro atoms. The van der Waals surface area contributed by atoms with Crippen LogP contribution in [0.4, 0.5) is 5.69 Å². The standard InChI is InChI=1S/C13H16N2O3/c16-9-10-5-6-12(7-10)14-8-11-3-1-2-4-13(11)15(17)18/h1-6,10,12,14,16H,7-9H2/t10-,12+/m0/s1. The van der Waals surface area contributed by atoms with Gasteiger partial charge in [0.1, 0.15) is 0 Å². The van der Waals surface area contributed by atoms with E-state index in [2.05, 4.69) is 5.32 Å². The van der Waals surface area contributed by atoms with Gasteiger partial charge in [0.15, 0.2) is 0 Å². The Morgan fingerprint density at radius 3 is 2.83 bits per heavy atom. The second-order valence-electron chi connectivity index (χ2n) is 4.44. The lowest BCUT2D eigenvalue weighted by molar-refractivity contribution is -0.385. The van der Waals surface area contributed by atoms with Gasteiger partial charge in [-0.3, -0.25) is 10.1 Å². The molecule has 5 nitrogen and oxygen atoms in total. The van der Waals surface area contributed by atoms with Crippen molar-refractivity contribution in [2.45, 2.75) is 19.0 Å². The fraction of sp³-hybridized carbons (Fsp3) is 0.385. The second-order valence-corrected chi connectivity index (χ2v) is 4.44. The summed E-state index contributed by atoms with van der Waals surface area (Å²) in [5.41, 5.74) is 0.828. The molecule has 2 rings (SSSR count). The van der Waals surface area contributed by atoms with E-state index in [0.717, 1.165) is 6.42 Å². The van der Waals surface area contributed by atoms with E-state index in [0.29, 0.717) is 12.1 Å². The summed E-state index contributed by atoms with van der Waals surface area (Å²) >= 11 is 0. The molecule has 0 fully saturated rings. The van der Waals surface area contributed by atoms with E-state index in [4.69, 9.17) is 5.11 Å². The molecule has 1 aromatic carbocycles. The first kappa shape index (κ1) is 12.7. The highest BCUT2D eigenvalue weighted by molar-refractivity contribution is 5.39. The van der Waals surface area contributed by atoms with Crippen LogP contribution in [0.15, 0.2) is 36.4 Å². The van der Waals surface area contributed by atoms with Crippen molar-refractivity contribution in [2.24, 2.45) is 5.92 Å². The van der Waals surface area contributed by atoms with Crippen molar-refractivity contribution in [1.29, 1.82) is 0 Å². The second kappa shape index (κ2) is 5.75. The number of benzene rings is 1. The number of nitrogens with one attached hydrogen (secondary N) is 1. The third-order valence-corrected chi connectivity index (χ3v) is 3.15. The van der Waals surface area contributed by atoms with Crippen molar-refractivity contribution in [3.05, 3.63) is 52.1 Å². The van der Waals surface area contributed by atoms with E-state index in [-0.39, 0.29) is 29.2 Å². The third-order valence-electron chi connectivity index (χ3n) is 3.15. The fourth-order valence-corrected chi connectivity index (χ4v) is 2.14. The summed E-state index contributed by atoms with van der Waals surface area (Å²) in [6.07, 6.45) is 4.84. The molecule has 0 bridgehead atoms. The normalized spacial score (nSPS) is 22.3. The van der Waals surface area contributed by atoms with Crippen LogP contribution in [0.2, 0.25) is 0 Å². The molecule has 1 aliphatic carbocycles. The zero-order valence-electron chi connectivity index (χ0n) is 9.95. The molecule has 0 saturated heterocycles. The van der Waals surface area contributed by atoms with Gasteiger partial charge in [-0.05, 0) is 6.42 Å². The smallest absolute Gasteiger partial charge is 0.273 e. The predicted molar refractivity (Wildman–Crippen MR) is 68.1 cm³/mol. The number of nitrogens with zero attached hydrogens (tertiary/aromatic N) is 1. The zero-order chi connectivity index (χ0) is 13.0. The van der Waals surface area contributed by atoms with Crippen molar-refractivity contribution in [3.63, 3.8) is 0 Å². The van der Waals surface area contributed by atoms with Crippen LogP contribution in [0.5, 0.6) is 0 Å². The molecule has 0 radical (unpaired) electrons. The molecular formula is C13H16N2O3. The topological polar surface area (TPSA) is 75.4 Å². The number of rotatable bonds is 5. The molecule has 96 valence electrons. The Hall–Kier alpha value is -1.72. The summed E-state index contributed by atoms with van der Waals surface area (Å²) in [6, 6.07) is 6.91. The van der Waals surface area contributed by atoms with Gasteiger partial charge < -0.3 is 10.4 Å². The van der Waals surface area contributed by atoms with Gasteiger partial charge in [-0.1, -0.05) is 30.4 Å². The first-order valence-electron chi connectivity index (χ1n) is 5.95. The summed E-state index contributed by atoms with van der Waals surface area (Å²) < 4.78 is 0. The highest BCUT2D eigenvalue weighted by Gasteiger charge is 2.19. The van der Waals surface area contributed by atoms with E-state index in [1.54, 1.807) is 18.2 Å². The summed E-state index contributed by atoms with van der Waals surface area (Å²) in [4.78, 5) is 10.5. The zero-order valence-corrected chi connectivity index (χ0v) is 9.95. The van der Waals surface area contributed by atoms with Gasteiger partial charge in [-0.2, -0.15) is 0 Å². The maximum Gasteiger partial charge on any atom is 0.273 e. The highest BCUT2D eigenvalue weighted by Crippen LogP contribution is 2.20. The van der Waals surface area contributed by atoms with Crippen molar-refractivity contribution < 1.29 is 10.0 Å². The van der Waals surface area contributed by atoms with Gasteiger partial charge in [0, 0.05) is 36.7 Å². The highest BCUT2D eigenvalue weighted by atomic mass is 16.6. The van der Waals surface area contributed by atoms with Crippen LogP contribution in [0, 0.1) is 16.0 Å². The van der Waals surface area contributed by atoms with Gasteiger partial charge in [0.05, 0.1) is 4.92 Å². The Morgan fingerprint density at radius 2 is 2.17 bits per heavy atom. The largest absolute Gasteiger partial charge is 0.396 e. The number of hydrogen-bond donors (Lipinski definition) is 2. The van der Waals surface area contributed by atoms with Crippen molar-refractivity contribution in [2.75, 3.05) is 6.61 Å². The SMILES string of the molecule is O=[N+]([O-])c1ccccc1CN[C@@H]1C=C[C@H](CO)C1. The number of nitro groups is 1. The van der Waals surface area contributed by atoms with Crippen LogP contribution in [0.1, 0.15) is 12.0 Å². The number of para-hydroxylation sites is 1. The Bertz CT molecular complexity index is 459. The molecule has 0 unspecified atom stereocenters. The molecule has 1 aliphatic rings. The van der Waals surface area contributed by atoms with Gasteiger partial charge in [-0.15, -0.1) is 0 Å². The van der Waals surface area contributed by atoms with Crippen LogP contribution < -0.4 is 5.32 Å². The maximum atomic E-state index is 10.8. The minimum absolute atomic E-state index is 0.144. The van der Waals surface area contributed by atoms with E-state index in [9.17, 15) is 10.1 Å². The van der Waals surface area contributed by atoms with Crippen molar-refractivity contribution in [1.82, 2.24) is 5.32 Å². The summed E-state index contributed by atoms with van der Waals surface area (Å²) in [5.74, 6) is 0.202.